The zero-order valence-electron chi connectivity index (χ0n) is 17.1. The monoisotopic (exact) mass is 389 g/mol. The summed E-state index contributed by atoms with van der Waals surface area (Å²) in [7, 11) is 0. The molecular weight excluding hydrogens is 362 g/mol. The molecule has 5 heteroatoms. The van der Waals surface area contributed by atoms with Gasteiger partial charge in [0.2, 0.25) is 11.8 Å². The molecule has 2 heterocycles. The number of nitrogens with zero attached hydrogens (tertiary/aromatic N) is 3. The van der Waals surface area contributed by atoms with E-state index in [-0.39, 0.29) is 5.91 Å². The van der Waals surface area contributed by atoms with Gasteiger partial charge < -0.3 is 9.64 Å². The minimum Gasteiger partial charge on any atom is -0.439 e. The Morgan fingerprint density at radius 1 is 1.03 bits per heavy atom. The van der Waals surface area contributed by atoms with E-state index < -0.39 is 0 Å². The molecular formula is C24H27N3O2. The third-order valence-electron chi connectivity index (χ3n) is 5.39. The summed E-state index contributed by atoms with van der Waals surface area (Å²) in [6, 6.07) is 17.9. The quantitative estimate of drug-likeness (QED) is 0.606. The molecule has 1 aliphatic rings. The first-order valence-electron chi connectivity index (χ1n) is 10.3. The van der Waals surface area contributed by atoms with E-state index in [9.17, 15) is 4.79 Å². The number of hydrogen-bond acceptors (Lipinski definition) is 3. The summed E-state index contributed by atoms with van der Waals surface area (Å²) in [4.78, 5) is 14.5. The number of benzene rings is 2. The molecule has 0 aliphatic carbocycles. The minimum atomic E-state index is 0.218. The van der Waals surface area contributed by atoms with Gasteiger partial charge in [-0.25, -0.2) is 4.68 Å². The Hall–Kier alpha value is -3.08. The highest BCUT2D eigenvalue weighted by Crippen LogP contribution is 2.32. The Kier molecular flexibility index (Phi) is 5.65. The lowest BCUT2D eigenvalue weighted by atomic mass is 10.1. The predicted molar refractivity (Wildman–Crippen MR) is 114 cm³/mol. The van der Waals surface area contributed by atoms with Crippen molar-refractivity contribution < 1.29 is 9.53 Å². The summed E-state index contributed by atoms with van der Waals surface area (Å²) in [6.45, 7) is 5.81. The van der Waals surface area contributed by atoms with Crippen LogP contribution in [0.2, 0.25) is 0 Å². The maximum Gasteiger partial charge on any atom is 0.226 e. The third-order valence-corrected chi connectivity index (χ3v) is 5.39. The van der Waals surface area contributed by atoms with E-state index in [1.807, 2.05) is 59.0 Å². The maximum atomic E-state index is 12.6. The Balaban J connectivity index is 1.66. The van der Waals surface area contributed by atoms with Crippen molar-refractivity contribution in [1.29, 1.82) is 0 Å². The first kappa shape index (κ1) is 19.2. The molecule has 1 amide bonds. The smallest absolute Gasteiger partial charge is 0.226 e. The van der Waals surface area contributed by atoms with Gasteiger partial charge in [-0.05, 0) is 62.9 Å². The van der Waals surface area contributed by atoms with Gasteiger partial charge in [0.25, 0.3) is 0 Å². The molecule has 5 nitrogen and oxygen atoms in total. The largest absolute Gasteiger partial charge is 0.439 e. The number of para-hydroxylation sites is 1. The van der Waals surface area contributed by atoms with Crippen LogP contribution in [0.5, 0.6) is 11.6 Å². The molecule has 1 fully saturated rings. The first-order chi connectivity index (χ1) is 14.1. The highest BCUT2D eigenvalue weighted by molar-refractivity contribution is 5.76. The van der Waals surface area contributed by atoms with Gasteiger partial charge in [0.1, 0.15) is 5.75 Å². The van der Waals surface area contributed by atoms with Crippen molar-refractivity contribution in [3.8, 4) is 17.3 Å². The fourth-order valence-electron chi connectivity index (χ4n) is 3.82. The highest BCUT2D eigenvalue weighted by Gasteiger charge is 2.22. The van der Waals surface area contributed by atoms with Gasteiger partial charge in [0.05, 0.1) is 11.4 Å². The summed E-state index contributed by atoms with van der Waals surface area (Å²) < 4.78 is 8.14. The first-order valence-corrected chi connectivity index (χ1v) is 10.3. The summed E-state index contributed by atoms with van der Waals surface area (Å²) in [5, 5.41) is 4.76. The lowest BCUT2D eigenvalue weighted by Gasteiger charge is -2.15. The topological polar surface area (TPSA) is 47.4 Å². The fraction of sp³-hybridized carbons (Fsp3) is 0.333. The van der Waals surface area contributed by atoms with Crippen molar-refractivity contribution in [2.24, 2.45) is 0 Å². The van der Waals surface area contributed by atoms with Crippen LogP contribution in [0, 0.1) is 13.8 Å². The molecule has 1 aromatic heterocycles. The van der Waals surface area contributed by atoms with Gasteiger partial charge in [0.15, 0.2) is 0 Å². The molecule has 0 unspecified atom stereocenters. The standard InChI is InChI=1S/C24H27N3O2/c1-18-9-8-10-20(17-18)27-24(29-21-11-4-3-5-12-21)22(19(2)25-27)13-14-23(28)26-15-6-7-16-26/h3-5,8-12,17H,6-7,13-16H2,1-2H3. The Morgan fingerprint density at radius 2 is 1.79 bits per heavy atom. The van der Waals surface area contributed by atoms with E-state index in [0.29, 0.717) is 18.7 Å². The number of likely N-dealkylation sites (tertiary alicyclic amines) is 1. The van der Waals surface area contributed by atoms with Crippen LogP contribution < -0.4 is 4.74 Å². The normalized spacial score (nSPS) is 13.7. The van der Waals surface area contributed by atoms with E-state index in [1.165, 1.54) is 0 Å². The number of rotatable bonds is 6. The number of aromatic nitrogens is 2. The maximum absolute atomic E-state index is 12.6. The summed E-state index contributed by atoms with van der Waals surface area (Å²) >= 11 is 0. The number of ether oxygens (including phenoxy) is 1. The van der Waals surface area contributed by atoms with Crippen LogP contribution in [0.3, 0.4) is 0 Å². The van der Waals surface area contributed by atoms with Crippen LogP contribution in [0.4, 0.5) is 0 Å². The summed E-state index contributed by atoms with van der Waals surface area (Å²) in [6.07, 6.45) is 3.32. The number of aryl methyl sites for hydroxylation is 2. The molecule has 150 valence electrons. The summed E-state index contributed by atoms with van der Waals surface area (Å²) in [5.74, 6) is 1.66. The van der Waals surface area contributed by atoms with Crippen LogP contribution >= 0.6 is 0 Å². The van der Waals surface area contributed by atoms with Gasteiger partial charge in [-0.2, -0.15) is 5.10 Å². The highest BCUT2D eigenvalue weighted by atomic mass is 16.5. The van der Waals surface area contributed by atoms with E-state index in [4.69, 9.17) is 9.84 Å². The van der Waals surface area contributed by atoms with E-state index >= 15 is 0 Å². The van der Waals surface area contributed by atoms with E-state index in [2.05, 4.69) is 19.1 Å². The molecule has 4 rings (SSSR count). The second-order valence-electron chi connectivity index (χ2n) is 7.62. The molecule has 0 spiro atoms. The van der Waals surface area contributed by atoms with Gasteiger partial charge in [-0.1, -0.05) is 30.3 Å². The van der Waals surface area contributed by atoms with Crippen molar-refractivity contribution in [3.63, 3.8) is 0 Å². The van der Waals surface area contributed by atoms with Crippen LogP contribution in [0.1, 0.15) is 36.1 Å². The molecule has 3 aromatic rings. The molecule has 29 heavy (non-hydrogen) atoms. The van der Waals surface area contributed by atoms with Crippen molar-refractivity contribution in [1.82, 2.24) is 14.7 Å². The van der Waals surface area contributed by atoms with Crippen LogP contribution in [-0.4, -0.2) is 33.7 Å². The lowest BCUT2D eigenvalue weighted by molar-refractivity contribution is -0.130. The summed E-state index contributed by atoms with van der Waals surface area (Å²) in [5.41, 5.74) is 4.00. The second kappa shape index (κ2) is 8.52. The number of carbonyl (C=O) groups excluding carboxylic acids is 1. The Morgan fingerprint density at radius 3 is 2.52 bits per heavy atom. The molecule has 1 aliphatic heterocycles. The fourth-order valence-corrected chi connectivity index (χ4v) is 3.82. The SMILES string of the molecule is Cc1cccc(-n2nc(C)c(CCC(=O)N3CCCC3)c2Oc2ccccc2)c1. The van der Waals surface area contributed by atoms with Crippen LogP contribution in [0.15, 0.2) is 54.6 Å². The zero-order chi connectivity index (χ0) is 20.2. The molecule has 0 saturated carbocycles. The zero-order valence-corrected chi connectivity index (χ0v) is 17.1. The number of carbonyl (C=O) groups is 1. The molecule has 0 bridgehead atoms. The average Bonchev–Trinajstić information content (AvgIpc) is 3.36. The third kappa shape index (κ3) is 4.34. The van der Waals surface area contributed by atoms with Crippen molar-refractivity contribution in [2.45, 2.75) is 39.5 Å². The van der Waals surface area contributed by atoms with Gasteiger partial charge in [0, 0.05) is 25.1 Å². The van der Waals surface area contributed by atoms with Crippen molar-refractivity contribution >= 4 is 5.91 Å². The molecule has 0 radical (unpaired) electrons. The number of hydrogen-bond donors (Lipinski definition) is 0. The van der Waals surface area contributed by atoms with Crippen LogP contribution in [-0.2, 0) is 11.2 Å². The van der Waals surface area contributed by atoms with Crippen LogP contribution in [0.25, 0.3) is 5.69 Å². The lowest BCUT2D eigenvalue weighted by Crippen LogP contribution is -2.27. The minimum absolute atomic E-state index is 0.218. The van der Waals surface area contributed by atoms with Crippen molar-refractivity contribution in [3.05, 3.63) is 71.4 Å². The average molecular weight is 389 g/mol. The predicted octanol–water partition coefficient (Wildman–Crippen LogP) is 4.84. The second-order valence-corrected chi connectivity index (χ2v) is 7.62. The Labute approximate surface area is 171 Å². The number of amides is 1. The van der Waals surface area contributed by atoms with Crippen molar-refractivity contribution in [2.75, 3.05) is 13.1 Å². The molecule has 1 saturated heterocycles. The molecule has 0 atom stereocenters. The van der Waals surface area contributed by atoms with Gasteiger partial charge in [-0.15, -0.1) is 0 Å². The van der Waals surface area contributed by atoms with Gasteiger partial charge in [-0.3, -0.25) is 4.79 Å². The van der Waals surface area contributed by atoms with Gasteiger partial charge >= 0.3 is 0 Å². The van der Waals surface area contributed by atoms with E-state index in [0.717, 1.165) is 54.2 Å². The van der Waals surface area contributed by atoms with E-state index in [1.54, 1.807) is 0 Å². The Bertz CT molecular complexity index is 989. The molecule has 2 aromatic carbocycles. The molecule has 0 N–H and O–H groups in total.